The van der Waals surface area contributed by atoms with Crippen LogP contribution < -0.4 is 10.6 Å². The number of para-hydroxylation sites is 1. The van der Waals surface area contributed by atoms with Crippen LogP contribution in [0.25, 0.3) is 10.2 Å². The van der Waals surface area contributed by atoms with E-state index in [0.717, 1.165) is 15.9 Å². The molecule has 1 unspecified atom stereocenters. The molecule has 174 valence electrons. The molecule has 5 nitrogen and oxygen atoms in total. The number of ketones is 1. The van der Waals surface area contributed by atoms with Crippen LogP contribution in [-0.2, 0) is 9.59 Å². The fourth-order valence-corrected chi connectivity index (χ4v) is 6.16. The lowest BCUT2D eigenvalue weighted by molar-refractivity contribution is -0.118. The minimum Gasteiger partial charge on any atom is -0.362 e. The lowest BCUT2D eigenvalue weighted by atomic mass is 9.68. The van der Waals surface area contributed by atoms with E-state index >= 15 is 0 Å². The van der Waals surface area contributed by atoms with Gasteiger partial charge < -0.3 is 5.32 Å². The van der Waals surface area contributed by atoms with Gasteiger partial charge in [-0.3, -0.25) is 14.9 Å². The van der Waals surface area contributed by atoms with Gasteiger partial charge in [0.25, 0.3) is 5.91 Å². The standard InChI is InChI=1S/C26H23Cl2N3O2S/c1-13-20(24(33)31-25-30-16-9-4-5-10-19(16)34-25)21(14-7-6-8-15(27)23(14)28)22-17(29-13)11-26(2,3)12-18(22)32/h4-10,21,29H,11-12H2,1-3H3,(H,30,31,33). The molecule has 0 bridgehead atoms. The van der Waals surface area contributed by atoms with Crippen LogP contribution >= 0.6 is 34.5 Å². The second kappa shape index (κ2) is 8.52. The zero-order chi connectivity index (χ0) is 24.2. The van der Waals surface area contributed by atoms with Gasteiger partial charge in [0.2, 0.25) is 0 Å². The van der Waals surface area contributed by atoms with Gasteiger partial charge >= 0.3 is 0 Å². The molecule has 1 aliphatic heterocycles. The highest BCUT2D eigenvalue weighted by atomic mass is 35.5. The van der Waals surface area contributed by atoms with Crippen LogP contribution in [0.3, 0.4) is 0 Å². The molecule has 5 rings (SSSR count). The second-order valence-corrected chi connectivity index (χ2v) is 11.3. The Labute approximate surface area is 211 Å². The van der Waals surface area contributed by atoms with E-state index in [-0.39, 0.29) is 17.1 Å². The molecule has 2 N–H and O–H groups in total. The summed E-state index contributed by atoms with van der Waals surface area (Å²) in [6.45, 7) is 6.01. The smallest absolute Gasteiger partial charge is 0.256 e. The molecule has 1 amide bonds. The summed E-state index contributed by atoms with van der Waals surface area (Å²) in [6.07, 6.45) is 1.10. The number of rotatable bonds is 3. The minimum absolute atomic E-state index is 0.0116. The molecular formula is C26H23Cl2N3O2S. The highest BCUT2D eigenvalue weighted by Gasteiger charge is 2.43. The van der Waals surface area contributed by atoms with Crippen molar-refractivity contribution in [1.82, 2.24) is 10.3 Å². The van der Waals surface area contributed by atoms with Crippen molar-refractivity contribution in [3.05, 3.63) is 80.6 Å². The highest BCUT2D eigenvalue weighted by molar-refractivity contribution is 7.22. The van der Waals surface area contributed by atoms with E-state index in [9.17, 15) is 9.59 Å². The Kier molecular flexibility index (Phi) is 5.79. The number of halogens is 2. The number of allylic oxidation sites excluding steroid dienone is 3. The molecule has 1 atom stereocenters. The van der Waals surface area contributed by atoms with Gasteiger partial charge in [0.1, 0.15) is 0 Å². The largest absolute Gasteiger partial charge is 0.362 e. The molecule has 0 saturated carbocycles. The Morgan fingerprint density at radius 1 is 1.15 bits per heavy atom. The molecular weight excluding hydrogens is 489 g/mol. The molecule has 0 saturated heterocycles. The number of carbonyl (C=O) groups is 2. The lowest BCUT2D eigenvalue weighted by Gasteiger charge is -2.39. The van der Waals surface area contributed by atoms with Crippen LogP contribution in [0.1, 0.15) is 45.1 Å². The topological polar surface area (TPSA) is 71.1 Å². The summed E-state index contributed by atoms with van der Waals surface area (Å²) >= 11 is 14.4. The number of hydrogen-bond acceptors (Lipinski definition) is 5. The van der Waals surface area contributed by atoms with Crippen molar-refractivity contribution in [3.63, 3.8) is 0 Å². The average molecular weight is 512 g/mol. The Morgan fingerprint density at radius 3 is 2.68 bits per heavy atom. The molecule has 0 radical (unpaired) electrons. The van der Waals surface area contributed by atoms with E-state index < -0.39 is 5.92 Å². The first kappa shape index (κ1) is 23.1. The number of dihydropyridines is 1. The van der Waals surface area contributed by atoms with E-state index in [1.807, 2.05) is 37.3 Å². The van der Waals surface area contributed by atoms with Crippen LogP contribution in [0.15, 0.2) is 65.0 Å². The number of thiazole rings is 1. The van der Waals surface area contributed by atoms with E-state index in [2.05, 4.69) is 29.5 Å². The molecule has 2 aromatic carbocycles. The second-order valence-electron chi connectivity index (χ2n) is 9.51. The van der Waals surface area contributed by atoms with E-state index in [1.54, 1.807) is 12.1 Å². The van der Waals surface area contributed by atoms with Crippen molar-refractivity contribution in [2.45, 2.75) is 39.5 Å². The number of benzene rings is 2. The van der Waals surface area contributed by atoms with Crippen molar-refractivity contribution in [2.75, 3.05) is 5.32 Å². The lowest BCUT2D eigenvalue weighted by Crippen LogP contribution is -2.39. The molecule has 3 aromatic rings. The average Bonchev–Trinajstić information content (AvgIpc) is 3.16. The zero-order valence-electron chi connectivity index (χ0n) is 19.0. The van der Waals surface area contributed by atoms with Gasteiger partial charge in [0.15, 0.2) is 10.9 Å². The Morgan fingerprint density at radius 2 is 1.91 bits per heavy atom. The fourth-order valence-electron chi connectivity index (χ4n) is 4.88. The third-order valence-electron chi connectivity index (χ3n) is 6.29. The van der Waals surface area contributed by atoms with Gasteiger partial charge in [-0.2, -0.15) is 0 Å². The summed E-state index contributed by atoms with van der Waals surface area (Å²) in [5.74, 6) is -0.938. The van der Waals surface area contributed by atoms with Crippen molar-refractivity contribution in [2.24, 2.45) is 5.41 Å². The fraction of sp³-hybridized carbons (Fsp3) is 0.269. The Hall–Kier alpha value is -2.67. The van der Waals surface area contributed by atoms with Gasteiger partial charge in [0.05, 0.1) is 20.3 Å². The number of nitrogens with zero attached hydrogens (tertiary/aromatic N) is 1. The summed E-state index contributed by atoms with van der Waals surface area (Å²) in [4.78, 5) is 31.7. The third kappa shape index (κ3) is 4.04. The number of fused-ring (bicyclic) bond motifs is 1. The predicted molar refractivity (Wildman–Crippen MR) is 138 cm³/mol. The van der Waals surface area contributed by atoms with Gasteiger partial charge in [-0.25, -0.2) is 4.98 Å². The molecule has 2 heterocycles. The summed E-state index contributed by atoms with van der Waals surface area (Å²) < 4.78 is 0.981. The summed E-state index contributed by atoms with van der Waals surface area (Å²) in [5.41, 5.74) is 3.84. The van der Waals surface area contributed by atoms with E-state index in [1.165, 1.54) is 11.3 Å². The maximum absolute atomic E-state index is 13.7. The third-order valence-corrected chi connectivity index (χ3v) is 8.08. The van der Waals surface area contributed by atoms with Gasteiger partial charge in [0, 0.05) is 34.9 Å². The molecule has 2 aliphatic rings. The first-order valence-corrected chi connectivity index (χ1v) is 12.6. The number of hydrogen-bond donors (Lipinski definition) is 2. The van der Waals surface area contributed by atoms with Crippen LogP contribution in [0.2, 0.25) is 10.0 Å². The van der Waals surface area contributed by atoms with Crippen molar-refractivity contribution in [3.8, 4) is 0 Å². The predicted octanol–water partition coefficient (Wildman–Crippen LogP) is 6.85. The number of carbonyl (C=O) groups excluding carboxylic acids is 2. The maximum Gasteiger partial charge on any atom is 0.256 e. The van der Waals surface area contributed by atoms with Crippen molar-refractivity contribution < 1.29 is 9.59 Å². The zero-order valence-corrected chi connectivity index (χ0v) is 21.3. The summed E-state index contributed by atoms with van der Waals surface area (Å²) in [6, 6.07) is 13.0. The summed E-state index contributed by atoms with van der Waals surface area (Å²) in [7, 11) is 0. The first-order valence-electron chi connectivity index (χ1n) is 11.0. The van der Waals surface area contributed by atoms with Gasteiger partial charge in [-0.1, -0.05) is 72.7 Å². The highest BCUT2D eigenvalue weighted by Crippen LogP contribution is 2.48. The molecule has 0 spiro atoms. The molecule has 34 heavy (non-hydrogen) atoms. The maximum atomic E-state index is 13.7. The van der Waals surface area contributed by atoms with Crippen LogP contribution in [-0.4, -0.2) is 16.7 Å². The molecule has 0 fully saturated rings. The molecule has 1 aliphatic carbocycles. The normalized spacial score (nSPS) is 19.8. The van der Waals surface area contributed by atoms with Crippen LogP contribution in [0, 0.1) is 5.41 Å². The number of aromatic nitrogens is 1. The summed E-state index contributed by atoms with van der Waals surface area (Å²) in [5, 5.41) is 7.54. The Bertz CT molecular complexity index is 1390. The van der Waals surface area contributed by atoms with E-state index in [4.69, 9.17) is 23.2 Å². The van der Waals surface area contributed by atoms with Gasteiger partial charge in [-0.05, 0) is 42.5 Å². The number of Topliss-reactive ketones (excluding diaryl/α,β-unsaturated/α-hetero) is 1. The quantitative estimate of drug-likeness (QED) is 0.403. The molecule has 8 heteroatoms. The van der Waals surface area contributed by atoms with Crippen molar-refractivity contribution in [1.29, 1.82) is 0 Å². The van der Waals surface area contributed by atoms with Crippen molar-refractivity contribution >= 4 is 61.6 Å². The first-order chi connectivity index (χ1) is 16.1. The number of anilines is 1. The SMILES string of the molecule is CC1=C(C(=O)Nc2nc3ccccc3s2)C(c2cccc(Cl)c2Cl)C2=C(CC(C)(C)CC2=O)N1. The molecule has 1 aromatic heterocycles. The van der Waals surface area contributed by atoms with Crippen LogP contribution in [0.4, 0.5) is 5.13 Å². The van der Waals surface area contributed by atoms with Crippen LogP contribution in [0.5, 0.6) is 0 Å². The Balaban J connectivity index is 1.61. The van der Waals surface area contributed by atoms with E-state index in [0.29, 0.717) is 50.4 Å². The van der Waals surface area contributed by atoms with Gasteiger partial charge in [-0.15, -0.1) is 0 Å². The monoisotopic (exact) mass is 511 g/mol. The minimum atomic E-state index is -0.625. The number of nitrogens with one attached hydrogen (secondary N) is 2. The number of amides is 1.